The van der Waals surface area contributed by atoms with Crippen molar-refractivity contribution in [2.75, 3.05) is 39.3 Å². The van der Waals surface area contributed by atoms with E-state index >= 15 is 0 Å². The molecule has 0 spiro atoms. The number of hydrogen-bond donors (Lipinski definition) is 1. The van der Waals surface area contributed by atoms with E-state index in [1.165, 1.54) is 44.9 Å². The molecule has 27 heavy (non-hydrogen) atoms. The maximum Gasteiger partial charge on any atom is 0.222 e. The molecule has 5 heteroatoms. The summed E-state index contributed by atoms with van der Waals surface area (Å²) in [7, 11) is 0. The van der Waals surface area contributed by atoms with E-state index in [9.17, 15) is 9.59 Å². The van der Waals surface area contributed by atoms with Crippen molar-refractivity contribution in [1.29, 1.82) is 0 Å². The minimum Gasteiger partial charge on any atom is -0.339 e. The van der Waals surface area contributed by atoms with Crippen molar-refractivity contribution in [3.05, 3.63) is 0 Å². The highest BCUT2D eigenvalue weighted by Gasteiger charge is 2.28. The molecule has 2 amide bonds. The lowest BCUT2D eigenvalue weighted by Crippen LogP contribution is -2.51. The molecule has 2 aliphatic heterocycles. The predicted octanol–water partition coefficient (Wildman–Crippen LogP) is 3.04. The molecule has 0 aromatic rings. The number of piperazine rings is 1. The molecule has 5 nitrogen and oxygen atoms in total. The molecule has 1 N–H and O–H groups in total. The van der Waals surface area contributed by atoms with Crippen LogP contribution >= 0.6 is 0 Å². The smallest absolute Gasteiger partial charge is 0.222 e. The van der Waals surface area contributed by atoms with Crippen LogP contribution in [0.25, 0.3) is 0 Å². The molecule has 0 radical (unpaired) electrons. The van der Waals surface area contributed by atoms with E-state index in [0.717, 1.165) is 38.5 Å². The highest BCUT2D eigenvalue weighted by atomic mass is 16.2. The number of carbonyl (C=O) groups is 2. The average Bonchev–Trinajstić information content (AvgIpc) is 2.73. The highest BCUT2D eigenvalue weighted by Crippen LogP contribution is 2.28. The Morgan fingerprint density at radius 1 is 0.889 bits per heavy atom. The summed E-state index contributed by atoms with van der Waals surface area (Å²) in [5.74, 6) is 2.50. The zero-order valence-electron chi connectivity index (χ0n) is 17.3. The van der Waals surface area contributed by atoms with Crippen LogP contribution in [0.1, 0.15) is 71.1 Å². The molecule has 154 valence electrons. The third kappa shape index (κ3) is 6.20. The van der Waals surface area contributed by atoms with E-state index in [-0.39, 0.29) is 5.91 Å². The van der Waals surface area contributed by atoms with E-state index in [0.29, 0.717) is 43.7 Å². The van der Waals surface area contributed by atoms with Gasteiger partial charge in [0.1, 0.15) is 0 Å². The topological polar surface area (TPSA) is 52.7 Å². The van der Waals surface area contributed by atoms with Gasteiger partial charge in [0.25, 0.3) is 0 Å². The molecule has 0 bridgehead atoms. The van der Waals surface area contributed by atoms with Crippen molar-refractivity contribution in [2.45, 2.75) is 71.1 Å². The van der Waals surface area contributed by atoms with Crippen LogP contribution in [0.2, 0.25) is 0 Å². The molecule has 3 rings (SSSR count). The zero-order chi connectivity index (χ0) is 19.1. The van der Waals surface area contributed by atoms with Gasteiger partial charge in [0.05, 0.1) is 0 Å². The average molecular weight is 378 g/mol. The molecule has 2 saturated heterocycles. The molecular weight excluding hydrogens is 338 g/mol. The molecule has 2 heterocycles. The molecule has 1 atom stereocenters. The summed E-state index contributed by atoms with van der Waals surface area (Å²) in [6, 6.07) is 0. The van der Waals surface area contributed by atoms with Gasteiger partial charge in [0.15, 0.2) is 0 Å². The van der Waals surface area contributed by atoms with Gasteiger partial charge in [0.2, 0.25) is 11.8 Å². The third-order valence-corrected chi connectivity index (χ3v) is 7.16. The van der Waals surface area contributed by atoms with Crippen LogP contribution in [0.4, 0.5) is 0 Å². The fraction of sp³-hybridized carbons (Fsp3) is 0.909. The largest absolute Gasteiger partial charge is 0.339 e. The Balaban J connectivity index is 1.34. The van der Waals surface area contributed by atoms with E-state index in [1.807, 2.05) is 9.80 Å². The number of piperidine rings is 1. The second kappa shape index (κ2) is 10.4. The van der Waals surface area contributed by atoms with Gasteiger partial charge < -0.3 is 15.1 Å². The molecule has 3 aliphatic rings. The standard InChI is InChI=1S/C22H39N3O2/c1-18(20-9-11-23-12-10-20)17-22(27)25-15-13-24(14-16-25)21(26)8-7-19-5-3-2-4-6-19/h18-20,23H,2-17H2,1H3. The van der Waals surface area contributed by atoms with Gasteiger partial charge in [-0.15, -0.1) is 0 Å². The van der Waals surface area contributed by atoms with Crippen LogP contribution in [0.15, 0.2) is 0 Å². The Hall–Kier alpha value is -1.10. The van der Waals surface area contributed by atoms with E-state index in [1.54, 1.807) is 0 Å². The molecule has 0 aromatic heterocycles. The lowest BCUT2D eigenvalue weighted by molar-refractivity contribution is -0.140. The van der Waals surface area contributed by atoms with Gasteiger partial charge >= 0.3 is 0 Å². The number of rotatable bonds is 6. The summed E-state index contributed by atoms with van der Waals surface area (Å²) in [5, 5.41) is 3.40. The summed E-state index contributed by atoms with van der Waals surface area (Å²) < 4.78 is 0. The molecule has 3 fully saturated rings. The minimum absolute atomic E-state index is 0.287. The second-order valence-corrected chi connectivity index (χ2v) is 9.07. The van der Waals surface area contributed by atoms with Gasteiger partial charge in [-0.2, -0.15) is 0 Å². The quantitative estimate of drug-likeness (QED) is 0.774. The van der Waals surface area contributed by atoms with Crippen molar-refractivity contribution in [2.24, 2.45) is 17.8 Å². The Morgan fingerprint density at radius 3 is 2.11 bits per heavy atom. The Labute approximate surface area is 165 Å². The van der Waals surface area contributed by atoms with Gasteiger partial charge in [-0.3, -0.25) is 9.59 Å². The van der Waals surface area contributed by atoms with Crippen LogP contribution in [-0.4, -0.2) is 60.9 Å². The Morgan fingerprint density at radius 2 is 1.48 bits per heavy atom. The first-order chi connectivity index (χ1) is 13.1. The fourth-order valence-corrected chi connectivity index (χ4v) is 5.15. The van der Waals surface area contributed by atoms with Gasteiger partial charge in [-0.1, -0.05) is 39.0 Å². The molecule has 1 unspecified atom stereocenters. The third-order valence-electron chi connectivity index (χ3n) is 7.16. The SMILES string of the molecule is CC(CC(=O)N1CCN(C(=O)CCC2CCCCC2)CC1)C1CCNCC1. The first-order valence-electron chi connectivity index (χ1n) is 11.4. The van der Waals surface area contributed by atoms with Crippen molar-refractivity contribution in [3.63, 3.8) is 0 Å². The molecule has 1 aliphatic carbocycles. The van der Waals surface area contributed by atoms with E-state index < -0.39 is 0 Å². The van der Waals surface area contributed by atoms with Crippen molar-refractivity contribution >= 4 is 11.8 Å². The van der Waals surface area contributed by atoms with Crippen molar-refractivity contribution in [1.82, 2.24) is 15.1 Å². The summed E-state index contributed by atoms with van der Waals surface area (Å²) in [4.78, 5) is 29.2. The zero-order valence-corrected chi connectivity index (χ0v) is 17.3. The Bertz CT molecular complexity index is 476. The predicted molar refractivity (Wildman–Crippen MR) is 108 cm³/mol. The minimum atomic E-state index is 0.287. The normalized spacial score (nSPS) is 24.0. The van der Waals surface area contributed by atoms with Crippen molar-refractivity contribution < 1.29 is 9.59 Å². The van der Waals surface area contributed by atoms with E-state index in [4.69, 9.17) is 0 Å². The van der Waals surface area contributed by atoms with Crippen LogP contribution in [0.5, 0.6) is 0 Å². The summed E-state index contributed by atoms with van der Waals surface area (Å²) in [6.07, 6.45) is 11.5. The Kier molecular flexibility index (Phi) is 7.98. The summed E-state index contributed by atoms with van der Waals surface area (Å²) in [5.41, 5.74) is 0. The van der Waals surface area contributed by atoms with Crippen LogP contribution in [0.3, 0.4) is 0 Å². The van der Waals surface area contributed by atoms with Gasteiger partial charge in [0, 0.05) is 39.0 Å². The number of carbonyl (C=O) groups excluding carboxylic acids is 2. The van der Waals surface area contributed by atoms with Gasteiger partial charge in [-0.05, 0) is 50.1 Å². The molecule has 1 saturated carbocycles. The number of nitrogens with zero attached hydrogens (tertiary/aromatic N) is 2. The maximum atomic E-state index is 12.7. The lowest BCUT2D eigenvalue weighted by atomic mass is 9.84. The van der Waals surface area contributed by atoms with Gasteiger partial charge in [-0.25, -0.2) is 0 Å². The van der Waals surface area contributed by atoms with Crippen LogP contribution in [0, 0.1) is 17.8 Å². The first-order valence-corrected chi connectivity index (χ1v) is 11.4. The highest BCUT2D eigenvalue weighted by molar-refractivity contribution is 5.78. The fourth-order valence-electron chi connectivity index (χ4n) is 5.15. The first kappa shape index (κ1) is 20.6. The molecule has 0 aromatic carbocycles. The number of nitrogens with one attached hydrogen (secondary N) is 1. The lowest BCUT2D eigenvalue weighted by Gasteiger charge is -2.36. The number of amides is 2. The monoisotopic (exact) mass is 377 g/mol. The summed E-state index contributed by atoms with van der Waals surface area (Å²) >= 11 is 0. The maximum absolute atomic E-state index is 12.7. The van der Waals surface area contributed by atoms with Crippen LogP contribution < -0.4 is 5.32 Å². The number of hydrogen-bond acceptors (Lipinski definition) is 3. The molecular formula is C22H39N3O2. The van der Waals surface area contributed by atoms with Crippen LogP contribution in [-0.2, 0) is 9.59 Å². The summed E-state index contributed by atoms with van der Waals surface area (Å²) in [6.45, 7) is 7.28. The second-order valence-electron chi connectivity index (χ2n) is 9.07. The van der Waals surface area contributed by atoms with E-state index in [2.05, 4.69) is 12.2 Å². The van der Waals surface area contributed by atoms with Crippen molar-refractivity contribution in [3.8, 4) is 0 Å².